The van der Waals surface area contributed by atoms with E-state index in [0.29, 0.717) is 6.42 Å². The highest BCUT2D eigenvalue weighted by Gasteiger charge is 2.35. The molecule has 0 fully saturated rings. The summed E-state index contributed by atoms with van der Waals surface area (Å²) < 4.78 is 0. The molecule has 168 valence electrons. The molecular formula is C28H26ClNO3. The van der Waals surface area contributed by atoms with Crippen LogP contribution in [0.25, 0.3) is 21.9 Å². The van der Waals surface area contributed by atoms with Crippen molar-refractivity contribution < 1.29 is 15.3 Å². The minimum atomic E-state index is -0.0787. The Hall–Kier alpha value is -3.21. The highest BCUT2D eigenvalue weighted by molar-refractivity contribution is 5.92. The van der Waals surface area contributed by atoms with Crippen molar-refractivity contribution in [2.45, 2.75) is 25.3 Å². The third-order valence-electron chi connectivity index (χ3n) is 7.30. The lowest BCUT2D eigenvalue weighted by atomic mass is 9.74. The Balaban J connectivity index is 0.00000228. The summed E-state index contributed by atoms with van der Waals surface area (Å²) in [5.41, 5.74) is 7.77. The van der Waals surface area contributed by atoms with E-state index in [1.165, 1.54) is 11.1 Å². The fourth-order valence-electron chi connectivity index (χ4n) is 5.66. The molecule has 0 aromatic heterocycles. The highest BCUT2D eigenvalue weighted by atomic mass is 35.5. The molecule has 1 atom stereocenters. The van der Waals surface area contributed by atoms with Gasteiger partial charge in [0.2, 0.25) is 0 Å². The minimum Gasteiger partial charge on any atom is -0.507 e. The van der Waals surface area contributed by atoms with Crippen LogP contribution in [0.5, 0.6) is 17.2 Å². The van der Waals surface area contributed by atoms with Crippen LogP contribution < -0.4 is 0 Å². The fourth-order valence-corrected chi connectivity index (χ4v) is 5.66. The van der Waals surface area contributed by atoms with Crippen molar-refractivity contribution in [1.29, 1.82) is 0 Å². The van der Waals surface area contributed by atoms with Crippen molar-refractivity contribution in [1.82, 2.24) is 4.90 Å². The van der Waals surface area contributed by atoms with E-state index in [2.05, 4.69) is 24.1 Å². The zero-order chi connectivity index (χ0) is 22.0. The molecule has 2 aliphatic rings. The molecule has 1 heterocycles. The van der Waals surface area contributed by atoms with Crippen LogP contribution in [0.1, 0.15) is 33.9 Å². The van der Waals surface area contributed by atoms with Gasteiger partial charge in [0, 0.05) is 23.5 Å². The maximum absolute atomic E-state index is 10.9. The molecular weight excluding hydrogens is 434 g/mol. The molecule has 4 aromatic carbocycles. The Bertz CT molecular complexity index is 1400. The second kappa shape index (κ2) is 7.98. The molecule has 0 bridgehead atoms. The molecule has 4 nitrogen and oxygen atoms in total. The van der Waals surface area contributed by atoms with E-state index in [4.69, 9.17) is 0 Å². The number of fused-ring (bicyclic) bond motifs is 3. The monoisotopic (exact) mass is 459 g/mol. The molecule has 33 heavy (non-hydrogen) atoms. The first-order chi connectivity index (χ1) is 15.5. The number of phenols is 3. The molecule has 0 saturated carbocycles. The van der Waals surface area contributed by atoms with Crippen molar-refractivity contribution >= 4 is 23.2 Å². The highest BCUT2D eigenvalue weighted by Crippen LogP contribution is 2.51. The second-order valence-corrected chi connectivity index (χ2v) is 9.06. The van der Waals surface area contributed by atoms with Crippen LogP contribution in [0.4, 0.5) is 0 Å². The second-order valence-electron chi connectivity index (χ2n) is 9.06. The third kappa shape index (κ3) is 3.25. The topological polar surface area (TPSA) is 63.9 Å². The van der Waals surface area contributed by atoms with E-state index in [9.17, 15) is 15.3 Å². The summed E-state index contributed by atoms with van der Waals surface area (Å²) in [5, 5.41) is 33.4. The van der Waals surface area contributed by atoms with Gasteiger partial charge in [-0.05, 0) is 77.2 Å². The normalized spacial score (nSPS) is 16.7. The molecule has 0 amide bonds. The minimum absolute atomic E-state index is 0. The SMILES string of the molecule is CN1CCc2ccc(Cc3ccc(O)c4ccccc34)c3c2[C@H]1Cc1ccc(O)c(O)c1-3.Cl. The molecule has 5 heteroatoms. The summed E-state index contributed by atoms with van der Waals surface area (Å²) in [6, 6.07) is 19.9. The Morgan fingerprint density at radius 3 is 2.30 bits per heavy atom. The van der Waals surface area contributed by atoms with Gasteiger partial charge in [0.05, 0.1) is 0 Å². The molecule has 1 aliphatic heterocycles. The van der Waals surface area contributed by atoms with Crippen LogP contribution in [0.15, 0.2) is 60.7 Å². The van der Waals surface area contributed by atoms with Gasteiger partial charge >= 0.3 is 0 Å². The van der Waals surface area contributed by atoms with Crippen LogP contribution in [0, 0.1) is 0 Å². The van der Waals surface area contributed by atoms with Gasteiger partial charge < -0.3 is 15.3 Å². The van der Waals surface area contributed by atoms with Gasteiger partial charge in [-0.3, -0.25) is 4.90 Å². The molecule has 1 aliphatic carbocycles. The van der Waals surface area contributed by atoms with Crippen molar-refractivity contribution in [2.75, 3.05) is 13.6 Å². The first kappa shape index (κ1) is 21.6. The summed E-state index contributed by atoms with van der Waals surface area (Å²) in [7, 11) is 2.17. The van der Waals surface area contributed by atoms with E-state index in [0.717, 1.165) is 58.0 Å². The Morgan fingerprint density at radius 1 is 0.788 bits per heavy atom. The number of phenolic OH excluding ortho intramolecular Hbond substituents is 3. The van der Waals surface area contributed by atoms with Gasteiger partial charge in [0.1, 0.15) is 5.75 Å². The number of hydrogen-bond acceptors (Lipinski definition) is 4. The van der Waals surface area contributed by atoms with E-state index < -0.39 is 0 Å². The van der Waals surface area contributed by atoms with Gasteiger partial charge in [-0.1, -0.05) is 48.5 Å². The van der Waals surface area contributed by atoms with Gasteiger partial charge in [0.15, 0.2) is 11.5 Å². The Kier molecular flexibility index (Phi) is 5.23. The number of likely N-dealkylation sites (N-methyl/N-ethyl adjacent to an activating group) is 1. The quantitative estimate of drug-likeness (QED) is 0.335. The molecule has 4 aromatic rings. The zero-order valence-electron chi connectivity index (χ0n) is 18.4. The van der Waals surface area contributed by atoms with Gasteiger partial charge in [0.25, 0.3) is 0 Å². The summed E-state index contributed by atoms with van der Waals surface area (Å²) in [6.07, 6.45) is 2.48. The van der Waals surface area contributed by atoms with Gasteiger partial charge in [-0.25, -0.2) is 0 Å². The van der Waals surface area contributed by atoms with Crippen LogP contribution in [-0.2, 0) is 19.3 Å². The predicted molar refractivity (Wildman–Crippen MR) is 134 cm³/mol. The predicted octanol–water partition coefficient (Wildman–Crippen LogP) is 5.72. The van der Waals surface area contributed by atoms with Crippen molar-refractivity contribution in [3.63, 3.8) is 0 Å². The lowest BCUT2D eigenvalue weighted by molar-refractivity contribution is 0.228. The van der Waals surface area contributed by atoms with E-state index in [1.54, 1.807) is 12.1 Å². The maximum atomic E-state index is 10.9. The molecule has 6 rings (SSSR count). The number of hydrogen-bond donors (Lipinski definition) is 3. The summed E-state index contributed by atoms with van der Waals surface area (Å²) in [4.78, 5) is 2.40. The van der Waals surface area contributed by atoms with Crippen molar-refractivity contribution in [2.24, 2.45) is 0 Å². The average molecular weight is 460 g/mol. The van der Waals surface area contributed by atoms with E-state index in [-0.39, 0.29) is 35.7 Å². The molecule has 0 unspecified atom stereocenters. The molecule has 3 N–H and O–H groups in total. The maximum Gasteiger partial charge on any atom is 0.165 e. The largest absolute Gasteiger partial charge is 0.507 e. The number of nitrogens with zero attached hydrogens (tertiary/aromatic N) is 1. The lowest BCUT2D eigenvalue weighted by Gasteiger charge is -2.40. The summed E-state index contributed by atoms with van der Waals surface area (Å²) in [5.74, 6) is 0.176. The number of rotatable bonds is 2. The summed E-state index contributed by atoms with van der Waals surface area (Å²) >= 11 is 0. The van der Waals surface area contributed by atoms with Crippen LogP contribution in [-0.4, -0.2) is 33.8 Å². The fraction of sp³-hybridized carbons (Fsp3) is 0.214. The standard InChI is InChI=1S/C28H25NO3.ClH/c1-29-13-12-16-6-7-18(14-17-8-10-23(30)21-5-3-2-4-20(17)21)26-25(16)22(29)15-19-9-11-24(31)28(32)27(19)26;/h2-11,22,30-32H,12-15H2,1H3;1H/t22-;/m1./s1. The number of benzene rings is 4. The van der Waals surface area contributed by atoms with Crippen molar-refractivity contribution in [3.05, 3.63) is 88.5 Å². The first-order valence-electron chi connectivity index (χ1n) is 11.1. The average Bonchev–Trinajstić information content (AvgIpc) is 2.81. The summed E-state index contributed by atoms with van der Waals surface area (Å²) in [6.45, 7) is 1.01. The first-order valence-corrected chi connectivity index (χ1v) is 11.1. The molecule has 0 saturated heterocycles. The van der Waals surface area contributed by atoms with Gasteiger partial charge in [-0.2, -0.15) is 0 Å². The van der Waals surface area contributed by atoms with Crippen LogP contribution in [0.2, 0.25) is 0 Å². The number of halogens is 1. The molecule has 0 spiro atoms. The Morgan fingerprint density at radius 2 is 1.48 bits per heavy atom. The molecule has 0 radical (unpaired) electrons. The van der Waals surface area contributed by atoms with E-state index >= 15 is 0 Å². The van der Waals surface area contributed by atoms with Crippen molar-refractivity contribution in [3.8, 4) is 28.4 Å². The number of aromatic hydroxyl groups is 3. The van der Waals surface area contributed by atoms with E-state index in [1.807, 2.05) is 36.4 Å². The Labute approximate surface area is 199 Å². The smallest absolute Gasteiger partial charge is 0.165 e. The van der Waals surface area contributed by atoms with Crippen LogP contribution in [0.3, 0.4) is 0 Å². The lowest BCUT2D eigenvalue weighted by Crippen LogP contribution is -2.35. The van der Waals surface area contributed by atoms with Crippen LogP contribution >= 0.6 is 12.4 Å². The van der Waals surface area contributed by atoms with Gasteiger partial charge in [-0.15, -0.1) is 12.4 Å². The zero-order valence-corrected chi connectivity index (χ0v) is 19.2. The third-order valence-corrected chi connectivity index (χ3v) is 7.30.